The Morgan fingerprint density at radius 3 is 2.85 bits per heavy atom. The Morgan fingerprint density at radius 1 is 1.40 bits per heavy atom. The minimum absolute atomic E-state index is 0.227. The summed E-state index contributed by atoms with van der Waals surface area (Å²) in [6.45, 7) is 4.24. The minimum atomic E-state index is -0.958. The van der Waals surface area contributed by atoms with Crippen LogP contribution in [0.15, 0.2) is 28.9 Å². The minimum Gasteiger partial charge on any atom is -0.478 e. The molecular weight excluding hydrogens is 258 g/mol. The van der Waals surface area contributed by atoms with Crippen LogP contribution < -0.4 is 0 Å². The fourth-order valence-corrected chi connectivity index (χ4v) is 2.08. The molecule has 6 heteroatoms. The molecule has 3 aromatic rings. The Hall–Kier alpha value is -2.63. The molecule has 0 saturated carbocycles. The molecule has 0 aliphatic carbocycles. The van der Waals surface area contributed by atoms with Gasteiger partial charge < -0.3 is 14.1 Å². The van der Waals surface area contributed by atoms with Crippen molar-refractivity contribution in [3.05, 3.63) is 47.4 Å². The summed E-state index contributed by atoms with van der Waals surface area (Å²) in [5.74, 6) is 0.458. The first-order chi connectivity index (χ1) is 9.54. The monoisotopic (exact) mass is 271 g/mol. The van der Waals surface area contributed by atoms with Gasteiger partial charge in [-0.3, -0.25) is 0 Å². The number of hydrogen-bond donors (Lipinski definition) is 1. The molecule has 0 amide bonds. The first-order valence-corrected chi connectivity index (χ1v) is 6.15. The lowest BCUT2D eigenvalue weighted by molar-refractivity contribution is 0.0697. The lowest BCUT2D eigenvalue weighted by Crippen LogP contribution is -1.99. The van der Waals surface area contributed by atoms with E-state index in [4.69, 9.17) is 9.52 Å². The van der Waals surface area contributed by atoms with Crippen molar-refractivity contribution in [2.24, 2.45) is 0 Å². The van der Waals surface area contributed by atoms with Gasteiger partial charge in [-0.2, -0.15) is 0 Å². The Morgan fingerprint density at radius 2 is 2.20 bits per heavy atom. The smallest absolute Gasteiger partial charge is 0.335 e. The highest BCUT2D eigenvalue weighted by atomic mass is 16.4. The zero-order valence-electron chi connectivity index (χ0n) is 11.1. The van der Waals surface area contributed by atoms with Crippen molar-refractivity contribution < 1.29 is 14.3 Å². The third-order valence-corrected chi connectivity index (χ3v) is 3.25. The topological polar surface area (TPSA) is 81.2 Å². The van der Waals surface area contributed by atoms with Crippen LogP contribution in [0.4, 0.5) is 0 Å². The maximum Gasteiger partial charge on any atom is 0.335 e. The van der Waals surface area contributed by atoms with Crippen molar-refractivity contribution >= 4 is 17.0 Å². The van der Waals surface area contributed by atoms with Crippen LogP contribution in [0.25, 0.3) is 11.0 Å². The molecule has 102 valence electrons. The molecule has 2 heterocycles. The highest BCUT2D eigenvalue weighted by Crippen LogP contribution is 2.17. The summed E-state index contributed by atoms with van der Waals surface area (Å²) in [6, 6.07) is 4.86. The van der Waals surface area contributed by atoms with Crippen molar-refractivity contribution in [2.75, 3.05) is 0 Å². The van der Waals surface area contributed by atoms with Gasteiger partial charge in [0, 0.05) is 0 Å². The van der Waals surface area contributed by atoms with Crippen molar-refractivity contribution in [1.82, 2.24) is 14.5 Å². The Balaban J connectivity index is 1.98. The number of aryl methyl sites for hydroxylation is 2. The molecule has 0 fully saturated rings. The standard InChI is InChI=1S/C14H13N3O3/c1-8-9(2)20-13(16-8)6-17-7-15-11-5-10(14(18)19)3-4-12(11)17/h3-5,7H,6H2,1-2H3,(H,18,19). The van der Waals surface area contributed by atoms with Crippen molar-refractivity contribution in [2.45, 2.75) is 20.4 Å². The van der Waals surface area contributed by atoms with Crippen molar-refractivity contribution in [1.29, 1.82) is 0 Å². The SMILES string of the molecule is Cc1nc(Cn2cnc3cc(C(=O)O)ccc32)oc1C. The number of nitrogens with zero attached hydrogens (tertiary/aromatic N) is 3. The number of carboxylic acid groups (broad SMARTS) is 1. The third-order valence-electron chi connectivity index (χ3n) is 3.25. The number of rotatable bonds is 3. The highest BCUT2D eigenvalue weighted by molar-refractivity contribution is 5.92. The Kier molecular flexibility index (Phi) is 2.78. The van der Waals surface area contributed by atoms with Gasteiger partial charge in [-0.1, -0.05) is 0 Å². The number of carbonyl (C=O) groups is 1. The second-order valence-corrected chi connectivity index (χ2v) is 4.63. The molecule has 1 aromatic carbocycles. The molecule has 0 aliphatic rings. The molecule has 0 radical (unpaired) electrons. The largest absolute Gasteiger partial charge is 0.478 e. The highest BCUT2D eigenvalue weighted by Gasteiger charge is 2.11. The maximum absolute atomic E-state index is 10.9. The van der Waals surface area contributed by atoms with E-state index in [0.29, 0.717) is 18.0 Å². The number of aromatic carboxylic acids is 1. The molecule has 0 atom stereocenters. The summed E-state index contributed by atoms with van der Waals surface area (Å²) in [5.41, 5.74) is 2.59. The Bertz CT molecular complexity index is 782. The van der Waals surface area contributed by atoms with Crippen molar-refractivity contribution in [3.8, 4) is 0 Å². The fourth-order valence-electron chi connectivity index (χ4n) is 2.08. The molecule has 0 aliphatic heterocycles. The number of carboxylic acids is 1. The van der Waals surface area contributed by atoms with E-state index in [1.54, 1.807) is 24.5 Å². The molecule has 20 heavy (non-hydrogen) atoms. The Labute approximate surface area is 114 Å². The molecule has 3 rings (SSSR count). The van der Waals surface area contributed by atoms with Crippen LogP contribution in [-0.4, -0.2) is 25.6 Å². The van der Waals surface area contributed by atoms with Gasteiger partial charge in [0.25, 0.3) is 0 Å². The van der Waals surface area contributed by atoms with Crippen LogP contribution in [0.1, 0.15) is 27.7 Å². The lowest BCUT2D eigenvalue weighted by atomic mass is 10.2. The van der Waals surface area contributed by atoms with Gasteiger partial charge in [-0.05, 0) is 32.0 Å². The van der Waals surface area contributed by atoms with Crippen LogP contribution in [0.2, 0.25) is 0 Å². The molecule has 0 unspecified atom stereocenters. The van der Waals surface area contributed by atoms with Crippen LogP contribution in [0.3, 0.4) is 0 Å². The normalized spacial score (nSPS) is 11.1. The molecule has 0 saturated heterocycles. The summed E-state index contributed by atoms with van der Waals surface area (Å²) in [6.07, 6.45) is 1.66. The molecule has 6 nitrogen and oxygen atoms in total. The van der Waals surface area contributed by atoms with Gasteiger partial charge in [-0.25, -0.2) is 14.8 Å². The molecule has 0 bridgehead atoms. The summed E-state index contributed by atoms with van der Waals surface area (Å²) in [5, 5.41) is 8.96. The quantitative estimate of drug-likeness (QED) is 0.791. The van der Waals surface area contributed by atoms with Crippen LogP contribution in [0.5, 0.6) is 0 Å². The van der Waals surface area contributed by atoms with Gasteiger partial charge >= 0.3 is 5.97 Å². The molecular formula is C14H13N3O3. The average molecular weight is 271 g/mol. The van der Waals surface area contributed by atoms with E-state index in [1.165, 1.54) is 0 Å². The van der Waals surface area contributed by atoms with E-state index >= 15 is 0 Å². The zero-order valence-corrected chi connectivity index (χ0v) is 11.1. The average Bonchev–Trinajstić information content (AvgIpc) is 2.94. The number of benzene rings is 1. The van der Waals surface area contributed by atoms with E-state index in [1.807, 2.05) is 18.4 Å². The number of hydrogen-bond acceptors (Lipinski definition) is 4. The maximum atomic E-state index is 10.9. The zero-order chi connectivity index (χ0) is 14.3. The third kappa shape index (κ3) is 2.05. The number of oxazole rings is 1. The summed E-state index contributed by atoms with van der Waals surface area (Å²) in [4.78, 5) is 19.5. The second-order valence-electron chi connectivity index (χ2n) is 4.63. The van der Waals surface area contributed by atoms with E-state index < -0.39 is 5.97 Å². The summed E-state index contributed by atoms with van der Waals surface area (Å²) >= 11 is 0. The van der Waals surface area contributed by atoms with Crippen LogP contribution in [0, 0.1) is 13.8 Å². The second kappa shape index (κ2) is 4.48. The summed E-state index contributed by atoms with van der Waals surface area (Å²) < 4.78 is 7.43. The summed E-state index contributed by atoms with van der Waals surface area (Å²) in [7, 11) is 0. The number of aromatic nitrogens is 3. The van der Waals surface area contributed by atoms with Gasteiger partial charge in [0.2, 0.25) is 5.89 Å². The van der Waals surface area contributed by atoms with Gasteiger partial charge in [0.15, 0.2) is 0 Å². The first kappa shape index (κ1) is 12.4. The molecule has 1 N–H and O–H groups in total. The van der Waals surface area contributed by atoms with E-state index in [0.717, 1.165) is 17.0 Å². The first-order valence-electron chi connectivity index (χ1n) is 6.15. The lowest BCUT2D eigenvalue weighted by Gasteiger charge is -2.01. The van der Waals surface area contributed by atoms with Gasteiger partial charge in [-0.15, -0.1) is 0 Å². The van der Waals surface area contributed by atoms with Crippen LogP contribution in [-0.2, 0) is 6.54 Å². The van der Waals surface area contributed by atoms with E-state index in [-0.39, 0.29) is 5.56 Å². The predicted molar refractivity (Wildman–Crippen MR) is 71.8 cm³/mol. The van der Waals surface area contributed by atoms with Gasteiger partial charge in [0.05, 0.1) is 28.6 Å². The molecule has 0 spiro atoms. The van der Waals surface area contributed by atoms with Gasteiger partial charge in [0.1, 0.15) is 12.3 Å². The van der Waals surface area contributed by atoms with E-state index in [9.17, 15) is 4.79 Å². The molecule has 2 aromatic heterocycles. The predicted octanol–water partition coefficient (Wildman–Crippen LogP) is 2.39. The van der Waals surface area contributed by atoms with E-state index in [2.05, 4.69) is 9.97 Å². The fraction of sp³-hybridized carbons (Fsp3) is 0.214. The van der Waals surface area contributed by atoms with Crippen LogP contribution >= 0.6 is 0 Å². The number of imidazole rings is 1. The number of fused-ring (bicyclic) bond motifs is 1. The van der Waals surface area contributed by atoms with Crippen molar-refractivity contribution in [3.63, 3.8) is 0 Å².